The molecule has 0 saturated carbocycles. The lowest BCUT2D eigenvalue weighted by atomic mass is 10.2. The Balaban J connectivity index is 0.000000203. The highest BCUT2D eigenvalue weighted by atomic mass is 32.2. The van der Waals surface area contributed by atoms with Crippen LogP contribution in [-0.4, -0.2) is 23.6 Å². The smallest absolute Gasteiger partial charge is 0.485 e. The summed E-state index contributed by atoms with van der Waals surface area (Å²) in [5.41, 5.74) is -5.65. The van der Waals surface area contributed by atoms with Gasteiger partial charge in [-0.25, -0.2) is 8.42 Å². The maximum atomic E-state index is 10.7. The molecule has 0 aliphatic rings. The third kappa shape index (κ3) is 4.45. The van der Waals surface area contributed by atoms with Crippen molar-refractivity contribution < 1.29 is 30.8 Å². The summed E-state index contributed by atoms with van der Waals surface area (Å²) in [7, 11) is -4.17. The topological polar surface area (TPSA) is 74.0 Å². The normalized spacial score (nSPS) is 11.8. The first kappa shape index (κ1) is 15.3. The molecule has 0 saturated heterocycles. The van der Waals surface area contributed by atoms with Crippen molar-refractivity contribution in [1.29, 1.82) is 0 Å². The van der Waals surface area contributed by atoms with E-state index in [-0.39, 0.29) is 0 Å². The summed E-state index contributed by atoms with van der Waals surface area (Å²) in [5.74, 6) is 0. The fourth-order valence-electron chi connectivity index (χ4n) is 1.13. The van der Waals surface area contributed by atoms with Crippen molar-refractivity contribution in [2.45, 2.75) is 5.51 Å². The van der Waals surface area contributed by atoms with Crippen LogP contribution in [0.25, 0.3) is 10.8 Å². The second kappa shape index (κ2) is 5.49. The van der Waals surface area contributed by atoms with Gasteiger partial charge < -0.3 is 4.55 Å². The van der Waals surface area contributed by atoms with Crippen LogP contribution < -0.4 is 4.68 Å². The van der Waals surface area contributed by atoms with E-state index in [4.69, 9.17) is 13.0 Å². The lowest BCUT2D eigenvalue weighted by molar-refractivity contribution is -0.729. The van der Waals surface area contributed by atoms with Gasteiger partial charge in [-0.2, -0.15) is 13.2 Å². The second-order valence-corrected chi connectivity index (χ2v) is 4.85. The molecule has 0 aliphatic carbocycles. The van der Waals surface area contributed by atoms with E-state index < -0.39 is 15.6 Å². The number of alkyl halides is 3. The van der Waals surface area contributed by atoms with Gasteiger partial charge in [-0.1, -0.05) is 22.9 Å². The minimum atomic E-state index is -6.09. The van der Waals surface area contributed by atoms with Crippen LogP contribution in [0.15, 0.2) is 36.7 Å². The first-order valence-electron chi connectivity index (χ1n) is 4.84. The van der Waals surface area contributed by atoms with Gasteiger partial charge in [-0.05, 0) is 11.2 Å². The third-order valence-electron chi connectivity index (χ3n) is 1.98. The molecule has 0 amide bonds. The van der Waals surface area contributed by atoms with E-state index in [1.807, 2.05) is 36.3 Å². The van der Waals surface area contributed by atoms with Crippen molar-refractivity contribution in [2.75, 3.05) is 0 Å². The Hall–Kier alpha value is -1.74. The van der Waals surface area contributed by atoms with Crippen LogP contribution in [0.1, 0.15) is 0 Å². The van der Waals surface area contributed by atoms with Crippen LogP contribution in [0, 0.1) is 0 Å². The van der Waals surface area contributed by atoms with Crippen molar-refractivity contribution in [3.05, 3.63) is 36.7 Å². The van der Waals surface area contributed by atoms with Crippen LogP contribution in [0.5, 0.6) is 0 Å². The Kier molecular flexibility index (Phi) is 4.43. The number of fused-ring (bicyclic) bond motifs is 1. The van der Waals surface area contributed by atoms with Gasteiger partial charge in [0.1, 0.15) is 6.20 Å². The number of aryl methyl sites for hydroxylation is 1. The van der Waals surface area contributed by atoms with E-state index in [2.05, 4.69) is 17.2 Å². The molecule has 1 heterocycles. The van der Waals surface area contributed by atoms with Gasteiger partial charge >= 0.3 is 5.51 Å². The molecule has 0 N–H and O–H groups in total. The molecule has 2 aromatic rings. The Labute approximate surface area is 107 Å². The van der Waals surface area contributed by atoms with Crippen molar-refractivity contribution in [3.8, 4) is 0 Å². The fourth-order valence-corrected chi connectivity index (χ4v) is 1.13. The Morgan fingerprint density at radius 1 is 1.21 bits per heavy atom. The van der Waals surface area contributed by atoms with Gasteiger partial charge in [-0.3, -0.25) is 0 Å². The van der Waals surface area contributed by atoms with Gasteiger partial charge in [0, 0.05) is 10.8 Å². The van der Waals surface area contributed by atoms with E-state index in [1.165, 1.54) is 10.8 Å². The standard InChI is InChI=1S/C9H9N2.CHF3O3S/c1-11-7-9-5-3-2-4-8(9)6-10-11;2-1(3,4)8(5,6)7/h2-7H,1H3;(H,5,6,7)/q+1;/p-1. The zero-order valence-corrected chi connectivity index (χ0v) is 10.4. The van der Waals surface area contributed by atoms with Crippen molar-refractivity contribution in [1.82, 2.24) is 5.10 Å². The summed E-state index contributed by atoms with van der Waals surface area (Å²) < 4.78 is 60.7. The van der Waals surface area contributed by atoms with Gasteiger partial charge in [0.2, 0.25) is 6.20 Å². The summed E-state index contributed by atoms with van der Waals surface area (Å²) in [6.07, 6.45) is 3.88. The predicted octanol–water partition coefficient (Wildman–Crippen LogP) is 1.11. The fraction of sp³-hybridized carbons (Fsp3) is 0.200. The van der Waals surface area contributed by atoms with E-state index in [0.29, 0.717) is 0 Å². The zero-order chi connectivity index (χ0) is 14.7. The van der Waals surface area contributed by atoms with Crippen LogP contribution in [0.3, 0.4) is 0 Å². The molecule has 0 spiro atoms. The summed E-state index contributed by atoms with van der Waals surface area (Å²) in [6.45, 7) is 0. The number of aromatic nitrogens is 2. The molecule has 1 aromatic heterocycles. The average molecular weight is 294 g/mol. The maximum absolute atomic E-state index is 10.7. The van der Waals surface area contributed by atoms with Gasteiger partial charge in [0.15, 0.2) is 17.2 Å². The van der Waals surface area contributed by atoms with Crippen LogP contribution in [0.4, 0.5) is 13.2 Å². The molecule has 1 aromatic carbocycles. The minimum Gasteiger partial charge on any atom is -0.741 e. The zero-order valence-electron chi connectivity index (χ0n) is 9.63. The summed E-state index contributed by atoms with van der Waals surface area (Å²) in [6, 6.07) is 8.19. The monoisotopic (exact) mass is 294 g/mol. The molecule has 5 nitrogen and oxygen atoms in total. The number of hydrogen-bond donors (Lipinski definition) is 0. The molecule has 0 fully saturated rings. The average Bonchev–Trinajstić information content (AvgIpc) is 2.27. The van der Waals surface area contributed by atoms with Crippen molar-refractivity contribution >= 4 is 20.9 Å². The molecule has 0 unspecified atom stereocenters. The predicted molar refractivity (Wildman–Crippen MR) is 58.7 cm³/mol. The lowest BCUT2D eigenvalue weighted by Crippen LogP contribution is -2.31. The maximum Gasteiger partial charge on any atom is 0.485 e. The van der Waals surface area contributed by atoms with E-state index in [0.717, 1.165) is 0 Å². The molecule has 2 rings (SSSR count). The number of rotatable bonds is 0. The largest absolute Gasteiger partial charge is 0.741 e. The first-order chi connectivity index (χ1) is 8.61. The lowest BCUT2D eigenvalue weighted by Gasteiger charge is -2.08. The Morgan fingerprint density at radius 2 is 1.68 bits per heavy atom. The van der Waals surface area contributed by atoms with E-state index in [9.17, 15) is 13.2 Å². The van der Waals surface area contributed by atoms with E-state index >= 15 is 0 Å². The highest BCUT2D eigenvalue weighted by Crippen LogP contribution is 2.20. The van der Waals surface area contributed by atoms with Crippen molar-refractivity contribution in [2.24, 2.45) is 7.05 Å². The van der Waals surface area contributed by atoms with E-state index in [1.54, 1.807) is 0 Å². The highest BCUT2D eigenvalue weighted by molar-refractivity contribution is 7.86. The molecule has 0 bridgehead atoms. The molecule has 9 heteroatoms. The SMILES string of the molecule is C[n+]1cc2ccccc2cn1.O=S(=O)([O-])C(F)(F)F. The Morgan fingerprint density at radius 3 is 2.16 bits per heavy atom. The molecule has 0 radical (unpaired) electrons. The second-order valence-electron chi connectivity index (χ2n) is 3.48. The molecule has 19 heavy (non-hydrogen) atoms. The van der Waals surface area contributed by atoms with Gasteiger partial charge in [-0.15, -0.1) is 0 Å². The van der Waals surface area contributed by atoms with Gasteiger partial charge in [0.05, 0.1) is 0 Å². The summed E-state index contributed by atoms with van der Waals surface area (Å²) >= 11 is 0. The molecular weight excluding hydrogens is 285 g/mol. The molecule has 0 atom stereocenters. The molecule has 0 aliphatic heterocycles. The summed E-state index contributed by atoms with van der Waals surface area (Å²) in [5, 5.41) is 6.54. The number of benzene rings is 1. The molecular formula is C10H9F3N2O3S. The quantitative estimate of drug-likeness (QED) is 0.414. The summed E-state index contributed by atoms with van der Waals surface area (Å²) in [4.78, 5) is 0. The number of nitrogens with zero attached hydrogens (tertiary/aromatic N) is 2. The third-order valence-corrected chi connectivity index (χ3v) is 2.55. The number of halogens is 3. The van der Waals surface area contributed by atoms with Crippen LogP contribution in [0.2, 0.25) is 0 Å². The van der Waals surface area contributed by atoms with Crippen LogP contribution >= 0.6 is 0 Å². The van der Waals surface area contributed by atoms with Gasteiger partial charge in [0.25, 0.3) is 0 Å². The Bertz CT molecular complexity index is 671. The minimum absolute atomic E-state index is 1.19. The van der Waals surface area contributed by atoms with Crippen molar-refractivity contribution in [3.63, 3.8) is 0 Å². The highest BCUT2D eigenvalue weighted by Gasteiger charge is 2.36. The van der Waals surface area contributed by atoms with Crippen LogP contribution in [-0.2, 0) is 17.2 Å². The first-order valence-corrected chi connectivity index (χ1v) is 6.25. The number of hydrogen-bond acceptors (Lipinski definition) is 4. The molecule has 104 valence electrons.